The second-order valence-electron chi connectivity index (χ2n) is 6.62. The van der Waals surface area contributed by atoms with Gasteiger partial charge in [-0.1, -0.05) is 6.07 Å². The lowest BCUT2D eigenvalue weighted by Gasteiger charge is -2.42. The van der Waals surface area contributed by atoms with Crippen molar-refractivity contribution in [3.05, 3.63) is 29.6 Å². The number of piperazine rings is 1. The molecule has 4 nitrogen and oxygen atoms in total. The SMILES string of the molecule is CNCc1ccc(CN2CCN(C(C)(C)C)CC2)nc1. The van der Waals surface area contributed by atoms with Crippen LogP contribution in [-0.4, -0.2) is 53.5 Å². The van der Waals surface area contributed by atoms with Gasteiger partial charge in [-0.3, -0.25) is 14.8 Å². The molecule has 1 aromatic heterocycles. The summed E-state index contributed by atoms with van der Waals surface area (Å²) < 4.78 is 0. The first kappa shape index (κ1) is 15.4. The molecular formula is C16H28N4. The van der Waals surface area contributed by atoms with Gasteiger partial charge in [0.2, 0.25) is 0 Å². The summed E-state index contributed by atoms with van der Waals surface area (Å²) in [5.74, 6) is 0. The molecule has 0 radical (unpaired) electrons. The molecule has 2 heterocycles. The van der Waals surface area contributed by atoms with Crippen LogP contribution in [0.15, 0.2) is 18.3 Å². The average molecular weight is 276 g/mol. The molecule has 112 valence electrons. The van der Waals surface area contributed by atoms with Crippen molar-refractivity contribution < 1.29 is 0 Å². The van der Waals surface area contributed by atoms with Crippen molar-refractivity contribution in [3.63, 3.8) is 0 Å². The fraction of sp³-hybridized carbons (Fsp3) is 0.688. The van der Waals surface area contributed by atoms with E-state index in [4.69, 9.17) is 0 Å². The average Bonchev–Trinajstić information content (AvgIpc) is 2.41. The predicted octanol–water partition coefficient (Wildman–Crippen LogP) is 1.72. The number of rotatable bonds is 4. The van der Waals surface area contributed by atoms with Crippen LogP contribution < -0.4 is 5.32 Å². The van der Waals surface area contributed by atoms with Crippen LogP contribution in [0.25, 0.3) is 0 Å². The van der Waals surface area contributed by atoms with Gasteiger partial charge in [0.25, 0.3) is 0 Å². The van der Waals surface area contributed by atoms with E-state index in [-0.39, 0.29) is 0 Å². The Morgan fingerprint density at radius 1 is 1.15 bits per heavy atom. The summed E-state index contributed by atoms with van der Waals surface area (Å²) in [6.07, 6.45) is 1.98. The van der Waals surface area contributed by atoms with Gasteiger partial charge in [0.05, 0.1) is 5.69 Å². The van der Waals surface area contributed by atoms with Crippen LogP contribution in [0.3, 0.4) is 0 Å². The summed E-state index contributed by atoms with van der Waals surface area (Å²) in [6, 6.07) is 4.33. The topological polar surface area (TPSA) is 31.4 Å². The van der Waals surface area contributed by atoms with E-state index in [0.717, 1.165) is 39.3 Å². The third-order valence-electron chi connectivity index (χ3n) is 3.97. The molecule has 0 saturated carbocycles. The maximum Gasteiger partial charge on any atom is 0.0544 e. The number of nitrogens with one attached hydrogen (secondary N) is 1. The first-order valence-corrected chi connectivity index (χ1v) is 7.55. The summed E-state index contributed by atoms with van der Waals surface area (Å²) in [6.45, 7) is 13.3. The van der Waals surface area contributed by atoms with E-state index in [2.05, 4.69) is 53.0 Å². The minimum absolute atomic E-state index is 0.291. The summed E-state index contributed by atoms with van der Waals surface area (Å²) in [5.41, 5.74) is 2.71. The first-order valence-electron chi connectivity index (χ1n) is 7.55. The normalized spacial score (nSPS) is 18.4. The molecule has 0 amide bonds. The minimum Gasteiger partial charge on any atom is -0.316 e. The van der Waals surface area contributed by atoms with E-state index in [1.165, 1.54) is 11.3 Å². The molecule has 0 bridgehead atoms. The molecule has 0 aromatic carbocycles. The Hall–Kier alpha value is -0.970. The van der Waals surface area contributed by atoms with E-state index in [9.17, 15) is 0 Å². The van der Waals surface area contributed by atoms with Crippen molar-refractivity contribution in [2.45, 2.75) is 39.4 Å². The van der Waals surface area contributed by atoms with Crippen LogP contribution in [0, 0.1) is 0 Å². The zero-order chi connectivity index (χ0) is 14.6. The Morgan fingerprint density at radius 3 is 2.35 bits per heavy atom. The molecule has 1 saturated heterocycles. The highest BCUT2D eigenvalue weighted by Crippen LogP contribution is 2.16. The summed E-state index contributed by atoms with van der Waals surface area (Å²) in [4.78, 5) is 9.63. The fourth-order valence-electron chi connectivity index (χ4n) is 2.66. The Morgan fingerprint density at radius 2 is 1.85 bits per heavy atom. The highest BCUT2D eigenvalue weighted by atomic mass is 15.3. The number of aromatic nitrogens is 1. The van der Waals surface area contributed by atoms with Crippen LogP contribution in [0.4, 0.5) is 0 Å². The van der Waals surface area contributed by atoms with E-state index in [0.29, 0.717) is 5.54 Å². The van der Waals surface area contributed by atoms with Gasteiger partial charge in [0, 0.05) is 51.0 Å². The monoisotopic (exact) mass is 276 g/mol. The molecule has 1 fully saturated rings. The van der Waals surface area contributed by atoms with Crippen molar-refractivity contribution in [2.24, 2.45) is 0 Å². The quantitative estimate of drug-likeness (QED) is 0.907. The Bertz CT molecular complexity index is 399. The molecule has 0 unspecified atom stereocenters. The second-order valence-corrected chi connectivity index (χ2v) is 6.62. The largest absolute Gasteiger partial charge is 0.316 e. The van der Waals surface area contributed by atoms with Crippen molar-refractivity contribution in [3.8, 4) is 0 Å². The molecule has 2 rings (SSSR count). The molecule has 0 atom stereocenters. The van der Waals surface area contributed by atoms with Crippen LogP contribution in [0.2, 0.25) is 0 Å². The molecule has 1 N–H and O–H groups in total. The molecule has 0 aliphatic carbocycles. The zero-order valence-electron chi connectivity index (χ0n) is 13.3. The molecule has 4 heteroatoms. The Kier molecular flexibility index (Phi) is 5.13. The lowest BCUT2D eigenvalue weighted by atomic mass is 10.0. The smallest absolute Gasteiger partial charge is 0.0544 e. The van der Waals surface area contributed by atoms with Crippen molar-refractivity contribution >= 4 is 0 Å². The summed E-state index contributed by atoms with van der Waals surface area (Å²) in [5, 5.41) is 3.15. The molecular weight excluding hydrogens is 248 g/mol. The maximum absolute atomic E-state index is 4.56. The maximum atomic E-state index is 4.56. The number of hydrogen-bond acceptors (Lipinski definition) is 4. The molecule has 0 spiro atoms. The third-order valence-corrected chi connectivity index (χ3v) is 3.97. The number of pyridine rings is 1. The van der Waals surface area contributed by atoms with Gasteiger partial charge in [0.15, 0.2) is 0 Å². The van der Waals surface area contributed by atoms with Gasteiger partial charge in [-0.25, -0.2) is 0 Å². The van der Waals surface area contributed by atoms with Gasteiger partial charge in [-0.2, -0.15) is 0 Å². The lowest BCUT2D eigenvalue weighted by molar-refractivity contribution is 0.0586. The second kappa shape index (κ2) is 6.66. The minimum atomic E-state index is 0.291. The van der Waals surface area contributed by atoms with Crippen molar-refractivity contribution in [1.29, 1.82) is 0 Å². The molecule has 1 aromatic rings. The van der Waals surface area contributed by atoms with Gasteiger partial charge >= 0.3 is 0 Å². The predicted molar refractivity (Wildman–Crippen MR) is 83.6 cm³/mol. The number of nitrogens with zero attached hydrogens (tertiary/aromatic N) is 3. The van der Waals surface area contributed by atoms with Crippen LogP contribution in [-0.2, 0) is 13.1 Å². The van der Waals surface area contributed by atoms with Gasteiger partial charge in [-0.05, 0) is 39.4 Å². The summed E-state index contributed by atoms with van der Waals surface area (Å²) >= 11 is 0. The highest BCUT2D eigenvalue weighted by molar-refractivity contribution is 5.14. The zero-order valence-corrected chi connectivity index (χ0v) is 13.3. The number of hydrogen-bond donors (Lipinski definition) is 1. The van der Waals surface area contributed by atoms with Crippen molar-refractivity contribution in [1.82, 2.24) is 20.1 Å². The molecule has 1 aliphatic heterocycles. The van der Waals surface area contributed by atoms with Gasteiger partial charge in [0.1, 0.15) is 0 Å². The standard InChI is InChI=1S/C16H28N4/c1-16(2,3)20-9-7-19(8-10-20)13-15-6-5-14(11-17-4)12-18-15/h5-6,12,17H,7-11,13H2,1-4H3. The first-order chi connectivity index (χ1) is 9.49. The lowest BCUT2D eigenvalue weighted by Crippen LogP contribution is -2.53. The van der Waals surface area contributed by atoms with Gasteiger partial charge < -0.3 is 5.32 Å². The molecule has 20 heavy (non-hydrogen) atoms. The van der Waals surface area contributed by atoms with Crippen LogP contribution in [0.1, 0.15) is 32.0 Å². The Labute approximate surface area is 123 Å². The third kappa shape index (κ3) is 4.27. The Balaban J connectivity index is 1.83. The van der Waals surface area contributed by atoms with Crippen molar-refractivity contribution in [2.75, 3.05) is 33.2 Å². The van der Waals surface area contributed by atoms with E-state index in [1.54, 1.807) is 0 Å². The fourth-order valence-corrected chi connectivity index (χ4v) is 2.66. The highest BCUT2D eigenvalue weighted by Gasteiger charge is 2.25. The van der Waals surface area contributed by atoms with E-state index >= 15 is 0 Å². The van der Waals surface area contributed by atoms with Crippen LogP contribution in [0.5, 0.6) is 0 Å². The van der Waals surface area contributed by atoms with E-state index in [1.807, 2.05) is 13.2 Å². The van der Waals surface area contributed by atoms with E-state index < -0.39 is 0 Å². The van der Waals surface area contributed by atoms with Crippen LogP contribution >= 0.6 is 0 Å². The van der Waals surface area contributed by atoms with Gasteiger partial charge in [-0.15, -0.1) is 0 Å². The molecule has 1 aliphatic rings. The summed E-state index contributed by atoms with van der Waals surface area (Å²) in [7, 11) is 1.96.